The number of aldehydes is 1. The molecule has 0 saturated carbocycles. The van der Waals surface area contributed by atoms with Gasteiger partial charge in [-0.1, -0.05) is 23.2 Å². The Bertz CT molecular complexity index is 505. The van der Waals surface area contributed by atoms with Gasteiger partial charge in [-0.25, -0.2) is 0 Å². The number of halogens is 2. The maximum atomic E-state index is 11.5. The Morgan fingerprint density at radius 2 is 2.05 bits per heavy atom. The summed E-state index contributed by atoms with van der Waals surface area (Å²) in [6, 6.07) is 5.75. The van der Waals surface area contributed by atoms with E-state index in [-0.39, 0.29) is 6.17 Å². The van der Waals surface area contributed by atoms with Crippen molar-refractivity contribution >= 4 is 35.2 Å². The van der Waals surface area contributed by atoms with Gasteiger partial charge in [0, 0.05) is 34.9 Å². The second kappa shape index (κ2) is 6.53. The Balaban J connectivity index is 1.68. The molecule has 0 spiro atoms. The van der Waals surface area contributed by atoms with Crippen LogP contribution in [0.15, 0.2) is 18.2 Å². The van der Waals surface area contributed by atoms with Crippen LogP contribution in [0.5, 0.6) is 0 Å². The number of nitrogens with one attached hydrogen (secondary N) is 2. The highest BCUT2D eigenvalue weighted by molar-refractivity contribution is 6.35. The number of anilines is 1. The van der Waals surface area contributed by atoms with Crippen molar-refractivity contribution in [2.45, 2.75) is 25.0 Å². The van der Waals surface area contributed by atoms with E-state index in [0.29, 0.717) is 16.1 Å². The molecule has 2 saturated heterocycles. The van der Waals surface area contributed by atoms with E-state index in [1.54, 1.807) is 18.2 Å². The molecule has 6 heteroatoms. The van der Waals surface area contributed by atoms with Gasteiger partial charge in [-0.2, -0.15) is 0 Å². The van der Waals surface area contributed by atoms with Crippen LogP contribution in [0.2, 0.25) is 10.0 Å². The zero-order chi connectivity index (χ0) is 14.8. The lowest BCUT2D eigenvalue weighted by Gasteiger charge is -2.38. The fourth-order valence-corrected chi connectivity index (χ4v) is 3.85. The predicted octanol–water partition coefficient (Wildman–Crippen LogP) is 2.61. The third kappa shape index (κ3) is 3.51. The first kappa shape index (κ1) is 15.1. The Morgan fingerprint density at radius 3 is 2.76 bits per heavy atom. The van der Waals surface area contributed by atoms with Crippen LogP contribution in [-0.2, 0) is 4.79 Å². The van der Waals surface area contributed by atoms with E-state index in [1.165, 1.54) is 6.42 Å². The molecule has 2 fully saturated rings. The third-order valence-electron chi connectivity index (χ3n) is 4.41. The molecule has 1 aromatic carbocycles. The Morgan fingerprint density at radius 1 is 1.29 bits per heavy atom. The molecule has 2 heterocycles. The summed E-state index contributed by atoms with van der Waals surface area (Å²) >= 11 is 12.0. The van der Waals surface area contributed by atoms with Gasteiger partial charge < -0.3 is 10.6 Å². The number of piperidine rings is 1. The van der Waals surface area contributed by atoms with Crippen molar-refractivity contribution in [3.63, 3.8) is 0 Å². The molecule has 0 aromatic heterocycles. The topological polar surface area (TPSA) is 44.4 Å². The van der Waals surface area contributed by atoms with Crippen molar-refractivity contribution in [3.05, 3.63) is 28.2 Å². The lowest BCUT2D eigenvalue weighted by atomic mass is 9.92. The van der Waals surface area contributed by atoms with Crippen LogP contribution in [0.4, 0.5) is 5.69 Å². The highest BCUT2D eigenvalue weighted by Crippen LogP contribution is 2.27. The van der Waals surface area contributed by atoms with E-state index < -0.39 is 0 Å². The van der Waals surface area contributed by atoms with Crippen LogP contribution >= 0.6 is 23.2 Å². The number of fused-ring (bicyclic) bond motifs is 1. The van der Waals surface area contributed by atoms with E-state index in [1.807, 2.05) is 0 Å². The monoisotopic (exact) mass is 327 g/mol. The highest BCUT2D eigenvalue weighted by atomic mass is 35.5. The molecule has 2 aliphatic rings. The van der Waals surface area contributed by atoms with Crippen molar-refractivity contribution in [1.29, 1.82) is 0 Å². The van der Waals surface area contributed by atoms with Crippen LogP contribution in [0.3, 0.4) is 0 Å². The molecule has 114 valence electrons. The summed E-state index contributed by atoms with van der Waals surface area (Å²) < 4.78 is 0. The number of likely N-dealkylation sites (tertiary alicyclic amines) is 1. The molecule has 0 aliphatic carbocycles. The van der Waals surface area contributed by atoms with Gasteiger partial charge in [0.05, 0.1) is 0 Å². The highest BCUT2D eigenvalue weighted by Gasteiger charge is 2.34. The third-order valence-corrected chi connectivity index (χ3v) is 4.84. The van der Waals surface area contributed by atoms with Gasteiger partial charge in [-0.15, -0.1) is 0 Å². The summed E-state index contributed by atoms with van der Waals surface area (Å²) in [7, 11) is 0. The van der Waals surface area contributed by atoms with Gasteiger partial charge in [-0.05, 0) is 43.5 Å². The fraction of sp³-hybridized carbons (Fsp3) is 0.533. The summed E-state index contributed by atoms with van der Waals surface area (Å²) in [5.41, 5.74) is 0.770. The lowest BCUT2D eigenvalue weighted by Crippen LogP contribution is -2.53. The molecule has 3 unspecified atom stereocenters. The smallest absolute Gasteiger partial charge is 0.157 e. The Hall–Kier alpha value is -0.810. The Labute approximate surface area is 134 Å². The van der Waals surface area contributed by atoms with Crippen LogP contribution in [0, 0.1) is 5.92 Å². The largest absolute Gasteiger partial charge is 0.364 e. The number of hydrogen-bond donors (Lipinski definition) is 2. The SMILES string of the molecule is O=CC(Nc1cc(Cl)cc(Cl)c1)N1CCC2CCNC2C1. The average Bonchev–Trinajstić information content (AvgIpc) is 2.91. The molecule has 1 aromatic rings. The molecular formula is C15H19Cl2N3O. The van der Waals surface area contributed by atoms with Gasteiger partial charge in [0.1, 0.15) is 6.17 Å². The molecule has 2 aliphatic heterocycles. The number of benzene rings is 1. The number of nitrogens with zero attached hydrogens (tertiary/aromatic N) is 1. The first-order chi connectivity index (χ1) is 10.2. The number of carbonyl (C=O) groups is 1. The van der Waals surface area contributed by atoms with Crippen molar-refractivity contribution in [3.8, 4) is 0 Å². The second-order valence-corrected chi connectivity index (χ2v) is 6.65. The van der Waals surface area contributed by atoms with Gasteiger partial charge >= 0.3 is 0 Å². The first-order valence-corrected chi connectivity index (χ1v) is 8.06. The quantitative estimate of drug-likeness (QED) is 0.834. The summed E-state index contributed by atoms with van der Waals surface area (Å²) in [4.78, 5) is 13.7. The predicted molar refractivity (Wildman–Crippen MR) is 86.0 cm³/mol. The summed E-state index contributed by atoms with van der Waals surface area (Å²) in [5, 5.41) is 7.86. The van der Waals surface area contributed by atoms with Crippen LogP contribution < -0.4 is 10.6 Å². The zero-order valence-electron chi connectivity index (χ0n) is 11.7. The zero-order valence-corrected chi connectivity index (χ0v) is 13.2. The van der Waals surface area contributed by atoms with Gasteiger partial charge in [0.25, 0.3) is 0 Å². The minimum absolute atomic E-state index is 0.345. The Kier molecular flexibility index (Phi) is 4.69. The molecule has 0 radical (unpaired) electrons. The molecule has 2 N–H and O–H groups in total. The number of rotatable bonds is 4. The molecule has 3 rings (SSSR count). The summed E-state index contributed by atoms with van der Waals surface area (Å²) in [6.45, 7) is 2.93. The number of carbonyl (C=O) groups excluding carboxylic acids is 1. The minimum Gasteiger partial charge on any atom is -0.364 e. The molecule has 3 atom stereocenters. The molecule has 21 heavy (non-hydrogen) atoms. The van der Waals surface area contributed by atoms with Gasteiger partial charge in [0.2, 0.25) is 0 Å². The van der Waals surface area contributed by atoms with Crippen molar-refractivity contribution in [2.75, 3.05) is 25.0 Å². The maximum Gasteiger partial charge on any atom is 0.157 e. The standard InChI is InChI=1S/C15H19Cl2N3O/c16-11-5-12(17)7-13(6-11)19-15(9-21)20-4-2-10-1-3-18-14(10)8-20/h5-7,9-10,14-15,18-19H,1-4,8H2. The summed E-state index contributed by atoms with van der Waals surface area (Å²) in [6.07, 6.45) is 2.99. The number of hydrogen-bond acceptors (Lipinski definition) is 4. The normalized spacial score (nSPS) is 27.1. The molecule has 4 nitrogen and oxygen atoms in total. The second-order valence-electron chi connectivity index (χ2n) is 5.78. The summed E-state index contributed by atoms with van der Waals surface area (Å²) in [5.74, 6) is 0.758. The van der Waals surface area contributed by atoms with Gasteiger partial charge in [0.15, 0.2) is 6.29 Å². The van der Waals surface area contributed by atoms with E-state index in [9.17, 15) is 4.79 Å². The van der Waals surface area contributed by atoms with Crippen LogP contribution in [0.1, 0.15) is 12.8 Å². The van der Waals surface area contributed by atoms with Gasteiger partial charge in [-0.3, -0.25) is 9.69 Å². The van der Waals surface area contributed by atoms with E-state index in [2.05, 4.69) is 15.5 Å². The van der Waals surface area contributed by atoms with Crippen LogP contribution in [0.25, 0.3) is 0 Å². The fourth-order valence-electron chi connectivity index (χ4n) is 3.33. The van der Waals surface area contributed by atoms with Crippen molar-refractivity contribution < 1.29 is 4.79 Å². The van der Waals surface area contributed by atoms with Crippen LogP contribution in [-0.4, -0.2) is 43.0 Å². The molecular weight excluding hydrogens is 309 g/mol. The van der Waals surface area contributed by atoms with E-state index >= 15 is 0 Å². The first-order valence-electron chi connectivity index (χ1n) is 7.31. The average molecular weight is 328 g/mol. The minimum atomic E-state index is -0.345. The van der Waals surface area contributed by atoms with E-state index in [0.717, 1.165) is 43.9 Å². The van der Waals surface area contributed by atoms with E-state index in [4.69, 9.17) is 23.2 Å². The lowest BCUT2D eigenvalue weighted by molar-refractivity contribution is -0.112. The van der Waals surface area contributed by atoms with Crippen molar-refractivity contribution in [1.82, 2.24) is 10.2 Å². The molecule has 0 amide bonds. The maximum absolute atomic E-state index is 11.5. The van der Waals surface area contributed by atoms with Crippen molar-refractivity contribution in [2.24, 2.45) is 5.92 Å². The molecule has 0 bridgehead atoms.